The molecule has 0 saturated heterocycles. The molecule has 0 aromatic carbocycles. The van der Waals surface area contributed by atoms with Gasteiger partial charge in [0.15, 0.2) is 6.73 Å². The molecule has 0 spiro atoms. The molecule has 0 amide bonds. The summed E-state index contributed by atoms with van der Waals surface area (Å²) in [5.74, 6) is 0. The SMILES string of the molecule is C[N+](C)(C)COP(=O)([O-])OCC=O. The summed E-state index contributed by atoms with van der Waals surface area (Å²) in [7, 11) is 0.988. The molecule has 0 aromatic heterocycles. The molecule has 78 valence electrons. The molecule has 7 heteroatoms. The lowest BCUT2D eigenvalue weighted by atomic mass is 10.7. The lowest BCUT2D eigenvalue weighted by Crippen LogP contribution is -2.37. The number of carbonyl (C=O) groups is 1. The Morgan fingerprint density at radius 1 is 1.38 bits per heavy atom. The van der Waals surface area contributed by atoms with Gasteiger partial charge >= 0.3 is 0 Å². The quantitative estimate of drug-likeness (QED) is 0.252. The first kappa shape index (κ1) is 12.7. The number of hydrogen-bond donors (Lipinski definition) is 0. The average molecular weight is 211 g/mol. The van der Waals surface area contributed by atoms with Crippen LogP contribution in [0.5, 0.6) is 0 Å². The number of carbonyl (C=O) groups excluding carboxylic acids is 1. The molecule has 0 aliphatic carbocycles. The zero-order chi connectivity index (χ0) is 10.5. The maximum absolute atomic E-state index is 10.9. The third kappa shape index (κ3) is 8.08. The Hall–Kier alpha value is -0.260. The summed E-state index contributed by atoms with van der Waals surface area (Å²) in [5, 5.41) is 0. The summed E-state index contributed by atoms with van der Waals surface area (Å²) in [6, 6.07) is 0. The number of aldehydes is 1. The Morgan fingerprint density at radius 3 is 2.31 bits per heavy atom. The van der Waals surface area contributed by atoms with E-state index in [0.717, 1.165) is 0 Å². The number of nitrogens with zero attached hydrogens (tertiary/aromatic N) is 1. The summed E-state index contributed by atoms with van der Waals surface area (Å²) in [6.45, 7) is -0.530. The molecule has 0 bridgehead atoms. The first-order valence-electron chi connectivity index (χ1n) is 3.61. The van der Waals surface area contributed by atoms with E-state index in [1.54, 1.807) is 21.1 Å². The standard InChI is InChI=1S/C6H14NO5P/c1-7(2,3)6-12-13(9,10)11-5-4-8/h4H,5-6H2,1-3H3. The normalized spacial score (nSPS) is 16.6. The van der Waals surface area contributed by atoms with Gasteiger partial charge in [0.25, 0.3) is 7.82 Å². The molecule has 0 radical (unpaired) electrons. The van der Waals surface area contributed by atoms with E-state index in [1.165, 1.54) is 0 Å². The van der Waals surface area contributed by atoms with Gasteiger partial charge in [0.05, 0.1) is 21.1 Å². The smallest absolute Gasteiger partial charge is 0.272 e. The number of hydrogen-bond acceptors (Lipinski definition) is 5. The zero-order valence-electron chi connectivity index (χ0n) is 7.93. The molecule has 6 nitrogen and oxygen atoms in total. The van der Waals surface area contributed by atoms with E-state index in [9.17, 15) is 14.3 Å². The van der Waals surface area contributed by atoms with Gasteiger partial charge in [-0.05, 0) is 0 Å². The summed E-state index contributed by atoms with van der Waals surface area (Å²) < 4.78 is 19.8. The van der Waals surface area contributed by atoms with Crippen LogP contribution in [0.15, 0.2) is 0 Å². The Bertz CT molecular complexity index is 212. The average Bonchev–Trinajstić information content (AvgIpc) is 1.97. The monoisotopic (exact) mass is 211 g/mol. The Morgan fingerprint density at radius 2 is 1.92 bits per heavy atom. The molecule has 1 unspecified atom stereocenters. The second-order valence-electron chi connectivity index (χ2n) is 3.46. The molecule has 1 atom stereocenters. The van der Waals surface area contributed by atoms with E-state index >= 15 is 0 Å². The third-order valence-corrected chi connectivity index (χ3v) is 1.80. The molecule has 13 heavy (non-hydrogen) atoms. The predicted octanol–water partition coefficient (Wildman–Crippen LogP) is -0.649. The molecular formula is C6H14NO5P. The minimum Gasteiger partial charge on any atom is -0.756 e. The summed E-state index contributed by atoms with van der Waals surface area (Å²) in [6.07, 6.45) is 0.347. The van der Waals surface area contributed by atoms with Crippen LogP contribution in [0.2, 0.25) is 0 Å². The van der Waals surface area contributed by atoms with Crippen molar-refractivity contribution in [1.82, 2.24) is 0 Å². The topological polar surface area (TPSA) is 75.7 Å². The van der Waals surface area contributed by atoms with Gasteiger partial charge in [-0.1, -0.05) is 0 Å². The van der Waals surface area contributed by atoms with Crippen LogP contribution in [-0.2, 0) is 18.4 Å². The highest BCUT2D eigenvalue weighted by molar-refractivity contribution is 7.45. The molecule has 0 aromatic rings. The van der Waals surface area contributed by atoms with Crippen molar-refractivity contribution in [2.75, 3.05) is 34.5 Å². The van der Waals surface area contributed by atoms with Gasteiger partial charge in [0.2, 0.25) is 0 Å². The van der Waals surface area contributed by atoms with Crippen molar-refractivity contribution in [2.24, 2.45) is 0 Å². The van der Waals surface area contributed by atoms with Crippen molar-refractivity contribution < 1.29 is 27.8 Å². The number of phosphoric acid groups is 1. The highest BCUT2D eigenvalue weighted by Crippen LogP contribution is 2.37. The molecular weight excluding hydrogens is 197 g/mol. The van der Waals surface area contributed by atoms with Crippen molar-refractivity contribution >= 4 is 14.1 Å². The molecule has 0 N–H and O–H groups in total. The van der Waals surface area contributed by atoms with Gasteiger partial charge in [-0.25, -0.2) is 0 Å². The lowest BCUT2D eigenvalue weighted by Gasteiger charge is -2.28. The third-order valence-electron chi connectivity index (χ3n) is 0.904. The van der Waals surface area contributed by atoms with Crippen molar-refractivity contribution in [3.8, 4) is 0 Å². The maximum atomic E-state index is 10.9. The lowest BCUT2D eigenvalue weighted by molar-refractivity contribution is -0.887. The van der Waals surface area contributed by atoms with Gasteiger partial charge < -0.3 is 18.7 Å². The van der Waals surface area contributed by atoms with E-state index in [-0.39, 0.29) is 6.73 Å². The van der Waals surface area contributed by atoms with Gasteiger partial charge in [-0.2, -0.15) is 0 Å². The van der Waals surface area contributed by atoms with Crippen LogP contribution < -0.4 is 4.89 Å². The first-order chi connectivity index (χ1) is 5.77. The number of phosphoric ester groups is 1. The highest BCUT2D eigenvalue weighted by atomic mass is 31.2. The Labute approximate surface area is 77.3 Å². The van der Waals surface area contributed by atoms with Crippen LogP contribution in [0, 0.1) is 0 Å². The second-order valence-corrected chi connectivity index (χ2v) is 4.87. The Balaban J connectivity index is 3.89. The highest BCUT2D eigenvalue weighted by Gasteiger charge is 2.14. The van der Waals surface area contributed by atoms with Crippen molar-refractivity contribution in [3.63, 3.8) is 0 Å². The fourth-order valence-corrected chi connectivity index (χ4v) is 1.21. The summed E-state index contributed by atoms with van der Waals surface area (Å²) >= 11 is 0. The zero-order valence-corrected chi connectivity index (χ0v) is 8.82. The summed E-state index contributed by atoms with van der Waals surface area (Å²) in [4.78, 5) is 20.7. The van der Waals surface area contributed by atoms with E-state index in [2.05, 4.69) is 9.05 Å². The van der Waals surface area contributed by atoms with Crippen LogP contribution in [0.3, 0.4) is 0 Å². The first-order valence-corrected chi connectivity index (χ1v) is 5.07. The maximum Gasteiger partial charge on any atom is 0.272 e. The Kier molecular flexibility index (Phi) is 4.74. The van der Waals surface area contributed by atoms with Gasteiger partial charge in [0, 0.05) is 0 Å². The fraction of sp³-hybridized carbons (Fsp3) is 0.833. The fourth-order valence-electron chi connectivity index (χ4n) is 0.403. The van der Waals surface area contributed by atoms with Crippen LogP contribution in [0.25, 0.3) is 0 Å². The van der Waals surface area contributed by atoms with Crippen LogP contribution in [0.4, 0.5) is 0 Å². The van der Waals surface area contributed by atoms with E-state index in [4.69, 9.17) is 0 Å². The van der Waals surface area contributed by atoms with E-state index in [1.807, 2.05) is 0 Å². The van der Waals surface area contributed by atoms with Crippen LogP contribution in [-0.4, -0.2) is 45.2 Å². The van der Waals surface area contributed by atoms with Crippen molar-refractivity contribution in [3.05, 3.63) is 0 Å². The minimum absolute atomic E-state index is 0.0281. The van der Waals surface area contributed by atoms with Gasteiger partial charge in [0.1, 0.15) is 12.9 Å². The van der Waals surface area contributed by atoms with Crippen molar-refractivity contribution in [2.45, 2.75) is 0 Å². The number of rotatable bonds is 6. The molecule has 0 aliphatic rings. The van der Waals surface area contributed by atoms with Gasteiger partial charge in [-0.15, -0.1) is 0 Å². The molecule has 0 fully saturated rings. The largest absolute Gasteiger partial charge is 0.756 e. The molecule has 0 heterocycles. The van der Waals surface area contributed by atoms with Gasteiger partial charge in [-0.3, -0.25) is 9.09 Å². The minimum atomic E-state index is -4.30. The van der Waals surface area contributed by atoms with Crippen LogP contribution >= 0.6 is 7.82 Å². The molecule has 0 rings (SSSR count). The second kappa shape index (κ2) is 4.83. The summed E-state index contributed by atoms with van der Waals surface area (Å²) in [5.41, 5.74) is 0. The van der Waals surface area contributed by atoms with E-state index in [0.29, 0.717) is 10.8 Å². The van der Waals surface area contributed by atoms with Crippen LogP contribution in [0.1, 0.15) is 0 Å². The predicted molar refractivity (Wildman–Crippen MR) is 43.6 cm³/mol. The van der Waals surface area contributed by atoms with E-state index < -0.39 is 14.4 Å². The molecule has 0 saturated carbocycles. The van der Waals surface area contributed by atoms with Crippen molar-refractivity contribution in [1.29, 1.82) is 0 Å². The number of quaternary nitrogens is 1. The molecule has 0 aliphatic heterocycles.